The van der Waals surface area contributed by atoms with E-state index >= 15 is 0 Å². The number of aromatic nitrogens is 1. The molecule has 0 atom stereocenters. The lowest BCUT2D eigenvalue weighted by Crippen LogP contribution is -2.08. The van der Waals surface area contributed by atoms with E-state index in [2.05, 4.69) is 107 Å². The second kappa shape index (κ2) is 8.13. The number of rotatable bonds is 4. The molecule has 1 aromatic heterocycles. The van der Waals surface area contributed by atoms with E-state index in [-0.39, 0.29) is 5.75 Å². The summed E-state index contributed by atoms with van der Waals surface area (Å²) in [5, 5.41) is 12.1. The minimum Gasteiger partial charge on any atom is -0.508 e. The zero-order valence-electron chi connectivity index (χ0n) is 18.9. The third kappa shape index (κ3) is 3.39. The number of anilines is 2. The maximum Gasteiger partial charge on any atom is 0.115 e. The maximum absolute atomic E-state index is 9.56. The Labute approximate surface area is 198 Å². The van der Waals surface area contributed by atoms with Gasteiger partial charge >= 0.3 is 0 Å². The second-order valence-corrected chi connectivity index (χ2v) is 8.54. The lowest BCUT2D eigenvalue weighted by atomic mass is 10.0. The quantitative estimate of drug-likeness (QED) is 0.301. The van der Waals surface area contributed by atoms with Crippen LogP contribution in [0.25, 0.3) is 38.6 Å². The molecule has 5 aromatic carbocycles. The van der Waals surface area contributed by atoms with Crippen LogP contribution in [0, 0.1) is 0 Å². The van der Waals surface area contributed by atoms with Crippen molar-refractivity contribution in [2.75, 3.05) is 11.9 Å². The van der Waals surface area contributed by atoms with Crippen LogP contribution in [0.4, 0.5) is 11.4 Å². The van der Waals surface area contributed by atoms with Crippen LogP contribution in [0.2, 0.25) is 0 Å². The van der Waals surface area contributed by atoms with Crippen molar-refractivity contribution >= 4 is 33.2 Å². The lowest BCUT2D eigenvalue weighted by molar-refractivity contribution is 0.475. The summed E-state index contributed by atoms with van der Waals surface area (Å²) in [6.45, 7) is 0. The van der Waals surface area contributed by atoms with Gasteiger partial charge in [-0.2, -0.15) is 0 Å². The minimum atomic E-state index is 0.275. The van der Waals surface area contributed by atoms with Crippen molar-refractivity contribution in [1.29, 1.82) is 0 Å². The van der Waals surface area contributed by atoms with E-state index in [1.165, 1.54) is 38.6 Å². The third-order valence-corrected chi connectivity index (χ3v) is 6.51. The molecule has 3 nitrogen and oxygen atoms in total. The first kappa shape index (κ1) is 20.1. The molecule has 0 amide bonds. The average Bonchev–Trinajstić information content (AvgIpc) is 3.23. The Balaban J connectivity index is 1.41. The highest BCUT2D eigenvalue weighted by molar-refractivity contribution is 6.10. The van der Waals surface area contributed by atoms with Crippen molar-refractivity contribution in [3.63, 3.8) is 0 Å². The van der Waals surface area contributed by atoms with E-state index in [9.17, 15) is 5.11 Å². The van der Waals surface area contributed by atoms with Crippen LogP contribution in [0.15, 0.2) is 121 Å². The molecule has 0 aliphatic carbocycles. The topological polar surface area (TPSA) is 28.4 Å². The van der Waals surface area contributed by atoms with Crippen LogP contribution < -0.4 is 4.90 Å². The SMILES string of the molecule is CN(c1ccc(O)cc1)c1ccc(-c2ccc3c(c2)c2ccccc2n3-c2ccccc2)cc1. The summed E-state index contributed by atoms with van der Waals surface area (Å²) in [4.78, 5) is 2.11. The Bertz CT molecular complexity index is 1600. The first-order chi connectivity index (χ1) is 16.7. The van der Waals surface area contributed by atoms with Gasteiger partial charge in [-0.15, -0.1) is 0 Å². The molecule has 0 bridgehead atoms. The Morgan fingerprint density at radius 3 is 1.88 bits per heavy atom. The molecule has 3 heteroatoms. The van der Waals surface area contributed by atoms with Gasteiger partial charge in [-0.3, -0.25) is 0 Å². The normalized spacial score (nSPS) is 11.2. The molecule has 0 unspecified atom stereocenters. The van der Waals surface area contributed by atoms with E-state index in [1.54, 1.807) is 12.1 Å². The van der Waals surface area contributed by atoms with Crippen molar-refractivity contribution in [3.05, 3.63) is 121 Å². The van der Waals surface area contributed by atoms with Crippen LogP contribution in [-0.2, 0) is 0 Å². The number of aromatic hydroxyl groups is 1. The summed E-state index contributed by atoms with van der Waals surface area (Å²) in [6.07, 6.45) is 0. The number of phenols is 1. The van der Waals surface area contributed by atoms with E-state index in [4.69, 9.17) is 0 Å². The minimum absolute atomic E-state index is 0.275. The van der Waals surface area contributed by atoms with Crippen molar-refractivity contribution in [3.8, 4) is 22.6 Å². The molecule has 34 heavy (non-hydrogen) atoms. The van der Waals surface area contributed by atoms with E-state index in [0.717, 1.165) is 11.4 Å². The Hall–Kier alpha value is -4.50. The first-order valence-electron chi connectivity index (χ1n) is 11.4. The van der Waals surface area contributed by atoms with Crippen LogP contribution in [-0.4, -0.2) is 16.7 Å². The van der Waals surface area contributed by atoms with Crippen LogP contribution >= 0.6 is 0 Å². The van der Waals surface area contributed by atoms with Gasteiger partial charge in [0.2, 0.25) is 0 Å². The van der Waals surface area contributed by atoms with Gasteiger partial charge in [-0.05, 0) is 77.9 Å². The van der Waals surface area contributed by atoms with Crippen molar-refractivity contribution in [1.82, 2.24) is 4.57 Å². The van der Waals surface area contributed by atoms with Crippen molar-refractivity contribution < 1.29 is 5.11 Å². The molecular weight excluding hydrogens is 416 g/mol. The second-order valence-electron chi connectivity index (χ2n) is 8.54. The number of hydrogen-bond acceptors (Lipinski definition) is 2. The number of phenolic OH excluding ortho intramolecular Hbond substituents is 1. The summed E-state index contributed by atoms with van der Waals surface area (Å²) < 4.78 is 2.34. The van der Waals surface area contributed by atoms with E-state index in [1.807, 2.05) is 19.2 Å². The summed E-state index contributed by atoms with van der Waals surface area (Å²) in [6, 6.07) is 41.7. The molecule has 0 radical (unpaired) electrons. The monoisotopic (exact) mass is 440 g/mol. The van der Waals surface area contributed by atoms with Gasteiger partial charge < -0.3 is 14.6 Å². The lowest BCUT2D eigenvalue weighted by Gasteiger charge is -2.20. The molecule has 0 saturated heterocycles. The Kier molecular flexibility index (Phi) is 4.81. The Morgan fingerprint density at radius 2 is 1.15 bits per heavy atom. The zero-order valence-corrected chi connectivity index (χ0v) is 18.9. The molecule has 0 aliphatic heterocycles. The fraction of sp³-hybridized carbons (Fsp3) is 0.0323. The molecule has 0 saturated carbocycles. The fourth-order valence-corrected chi connectivity index (χ4v) is 4.71. The summed E-state index contributed by atoms with van der Waals surface area (Å²) in [5.74, 6) is 0.275. The van der Waals surface area contributed by atoms with Crippen LogP contribution in [0.3, 0.4) is 0 Å². The van der Waals surface area contributed by atoms with Gasteiger partial charge in [0, 0.05) is 34.9 Å². The van der Waals surface area contributed by atoms with Gasteiger partial charge in [0.05, 0.1) is 11.0 Å². The van der Waals surface area contributed by atoms with E-state index in [0.29, 0.717) is 0 Å². The highest BCUT2D eigenvalue weighted by Crippen LogP contribution is 2.35. The number of fused-ring (bicyclic) bond motifs is 3. The standard InChI is InChI=1S/C31H24N2O/c1-32(25-16-18-27(34)19-17-25)24-14-11-22(12-15-24)23-13-20-31-29(21-23)28-9-5-6-10-30(28)33(31)26-7-3-2-4-8-26/h2-21,34H,1H3. The third-order valence-electron chi connectivity index (χ3n) is 6.51. The molecule has 0 spiro atoms. The molecule has 0 aliphatic rings. The van der Waals surface area contributed by atoms with Gasteiger partial charge in [0.25, 0.3) is 0 Å². The predicted octanol–water partition coefficient (Wildman–Crippen LogP) is 7.92. The smallest absolute Gasteiger partial charge is 0.115 e. The Morgan fingerprint density at radius 1 is 0.559 bits per heavy atom. The number of para-hydroxylation sites is 2. The number of nitrogens with zero attached hydrogens (tertiary/aromatic N) is 2. The van der Waals surface area contributed by atoms with Crippen LogP contribution in [0.5, 0.6) is 5.75 Å². The highest BCUT2D eigenvalue weighted by atomic mass is 16.3. The fourth-order valence-electron chi connectivity index (χ4n) is 4.71. The molecular formula is C31H24N2O. The van der Waals surface area contributed by atoms with Gasteiger partial charge in [-0.1, -0.05) is 54.6 Å². The molecule has 1 heterocycles. The predicted molar refractivity (Wildman–Crippen MR) is 142 cm³/mol. The largest absolute Gasteiger partial charge is 0.508 e. The van der Waals surface area contributed by atoms with Crippen LogP contribution in [0.1, 0.15) is 0 Å². The number of hydrogen-bond donors (Lipinski definition) is 1. The molecule has 164 valence electrons. The van der Waals surface area contributed by atoms with Gasteiger partial charge in [-0.25, -0.2) is 0 Å². The summed E-state index contributed by atoms with van der Waals surface area (Å²) >= 11 is 0. The average molecular weight is 441 g/mol. The first-order valence-corrected chi connectivity index (χ1v) is 11.4. The molecule has 0 fully saturated rings. The molecule has 6 aromatic rings. The number of benzene rings is 5. The van der Waals surface area contributed by atoms with E-state index < -0.39 is 0 Å². The summed E-state index contributed by atoms with van der Waals surface area (Å²) in [5.41, 5.74) is 8.09. The van der Waals surface area contributed by atoms with Gasteiger partial charge in [0.15, 0.2) is 0 Å². The molecule has 6 rings (SSSR count). The zero-order chi connectivity index (χ0) is 23.1. The highest BCUT2D eigenvalue weighted by Gasteiger charge is 2.13. The summed E-state index contributed by atoms with van der Waals surface area (Å²) in [7, 11) is 2.03. The van der Waals surface area contributed by atoms with Gasteiger partial charge in [0.1, 0.15) is 5.75 Å². The van der Waals surface area contributed by atoms with Crippen molar-refractivity contribution in [2.24, 2.45) is 0 Å². The maximum atomic E-state index is 9.56. The van der Waals surface area contributed by atoms with Crippen molar-refractivity contribution in [2.45, 2.75) is 0 Å². The molecule has 1 N–H and O–H groups in total.